The summed E-state index contributed by atoms with van der Waals surface area (Å²) in [6.07, 6.45) is 0.882. The minimum atomic E-state index is -0.839. The zero-order valence-corrected chi connectivity index (χ0v) is 16.5. The van der Waals surface area contributed by atoms with Crippen molar-refractivity contribution in [2.24, 2.45) is 0 Å². The van der Waals surface area contributed by atoms with E-state index in [0.717, 1.165) is 12.0 Å². The summed E-state index contributed by atoms with van der Waals surface area (Å²) in [5.41, 5.74) is 1.03. The van der Waals surface area contributed by atoms with Gasteiger partial charge in [-0.25, -0.2) is 0 Å². The Bertz CT molecular complexity index is 827. The summed E-state index contributed by atoms with van der Waals surface area (Å²) < 4.78 is 10.9. The molecular weight excluding hydrogens is 391 g/mol. The summed E-state index contributed by atoms with van der Waals surface area (Å²) in [4.78, 5) is 24.0. The van der Waals surface area contributed by atoms with E-state index in [0.29, 0.717) is 18.1 Å². The van der Waals surface area contributed by atoms with Crippen molar-refractivity contribution in [2.75, 3.05) is 19.0 Å². The number of carbonyl (C=O) groups is 2. The van der Waals surface area contributed by atoms with Crippen LogP contribution in [0.2, 0.25) is 10.0 Å². The molecule has 0 unspecified atom stereocenters. The zero-order valence-electron chi connectivity index (χ0n) is 15.0. The Kier molecular flexibility index (Phi) is 7.76. The highest BCUT2D eigenvalue weighted by atomic mass is 35.5. The molecule has 2 amide bonds. The van der Waals surface area contributed by atoms with Crippen LogP contribution >= 0.6 is 23.2 Å². The average molecular weight is 411 g/mol. The molecule has 0 aliphatic rings. The number of ether oxygens (including phenoxy) is 2. The van der Waals surface area contributed by atoms with Crippen LogP contribution in [-0.4, -0.2) is 25.5 Å². The SMILES string of the molecule is CCCOc1ccc(CNC(=O)C(=O)Nc2cccc(Cl)c2Cl)cc1OC. The van der Waals surface area contributed by atoms with Gasteiger partial charge in [-0.15, -0.1) is 0 Å². The zero-order chi connectivity index (χ0) is 19.8. The molecular formula is C19H20Cl2N2O4. The second-order valence-corrected chi connectivity index (χ2v) is 6.36. The van der Waals surface area contributed by atoms with E-state index in [1.54, 1.807) is 43.5 Å². The van der Waals surface area contributed by atoms with Crippen molar-refractivity contribution < 1.29 is 19.1 Å². The van der Waals surface area contributed by atoms with Crippen molar-refractivity contribution in [1.29, 1.82) is 0 Å². The third kappa shape index (κ3) is 5.77. The summed E-state index contributed by atoms with van der Waals surface area (Å²) in [7, 11) is 1.54. The van der Waals surface area contributed by atoms with Gasteiger partial charge < -0.3 is 20.1 Å². The Morgan fingerprint density at radius 1 is 1.07 bits per heavy atom. The van der Waals surface area contributed by atoms with Crippen molar-refractivity contribution in [3.63, 3.8) is 0 Å². The highest BCUT2D eigenvalue weighted by Crippen LogP contribution is 2.30. The van der Waals surface area contributed by atoms with Crippen LogP contribution in [0.15, 0.2) is 36.4 Å². The number of amides is 2. The van der Waals surface area contributed by atoms with Gasteiger partial charge in [0.25, 0.3) is 0 Å². The number of methoxy groups -OCH3 is 1. The van der Waals surface area contributed by atoms with E-state index >= 15 is 0 Å². The smallest absolute Gasteiger partial charge is 0.313 e. The molecule has 0 bridgehead atoms. The molecule has 0 radical (unpaired) electrons. The van der Waals surface area contributed by atoms with Gasteiger partial charge >= 0.3 is 11.8 Å². The van der Waals surface area contributed by atoms with Gasteiger partial charge in [0.05, 0.1) is 29.4 Å². The van der Waals surface area contributed by atoms with Crippen LogP contribution in [0.1, 0.15) is 18.9 Å². The van der Waals surface area contributed by atoms with Crippen LogP contribution in [0.5, 0.6) is 11.5 Å². The Balaban J connectivity index is 1.96. The number of carbonyl (C=O) groups excluding carboxylic acids is 2. The van der Waals surface area contributed by atoms with Gasteiger partial charge in [0.1, 0.15) is 0 Å². The summed E-state index contributed by atoms with van der Waals surface area (Å²) in [6, 6.07) is 10.1. The first-order valence-electron chi connectivity index (χ1n) is 8.29. The standard InChI is InChI=1S/C19H20Cl2N2O4/c1-3-9-27-15-8-7-12(10-16(15)26-2)11-22-18(24)19(25)23-14-6-4-5-13(20)17(14)21/h4-8,10H,3,9,11H2,1-2H3,(H,22,24)(H,23,25). The second-order valence-electron chi connectivity index (χ2n) is 5.57. The molecule has 0 saturated heterocycles. The largest absolute Gasteiger partial charge is 0.493 e. The lowest BCUT2D eigenvalue weighted by Gasteiger charge is -2.12. The Hall–Kier alpha value is -2.44. The third-order valence-electron chi connectivity index (χ3n) is 3.55. The molecule has 8 heteroatoms. The van der Waals surface area contributed by atoms with Crippen LogP contribution in [0, 0.1) is 0 Å². The van der Waals surface area contributed by atoms with Crippen molar-refractivity contribution in [1.82, 2.24) is 5.32 Å². The lowest BCUT2D eigenvalue weighted by Crippen LogP contribution is -2.35. The van der Waals surface area contributed by atoms with Gasteiger partial charge in [-0.2, -0.15) is 0 Å². The molecule has 2 aromatic rings. The molecule has 0 saturated carbocycles. The molecule has 0 aliphatic carbocycles. The van der Waals surface area contributed by atoms with Gasteiger partial charge in [-0.3, -0.25) is 9.59 Å². The van der Waals surface area contributed by atoms with Crippen LogP contribution in [0.4, 0.5) is 5.69 Å². The number of anilines is 1. The van der Waals surface area contributed by atoms with Crippen LogP contribution in [-0.2, 0) is 16.1 Å². The fourth-order valence-corrected chi connectivity index (χ4v) is 2.54. The van der Waals surface area contributed by atoms with Crippen molar-refractivity contribution in [2.45, 2.75) is 19.9 Å². The number of benzene rings is 2. The number of nitrogens with one attached hydrogen (secondary N) is 2. The van der Waals surface area contributed by atoms with Crippen LogP contribution < -0.4 is 20.1 Å². The Morgan fingerprint density at radius 2 is 1.85 bits per heavy atom. The molecule has 0 aliphatic heterocycles. The number of halogens is 2. The summed E-state index contributed by atoms with van der Waals surface area (Å²) in [5, 5.41) is 5.43. The van der Waals surface area contributed by atoms with Crippen molar-refractivity contribution in [3.05, 3.63) is 52.0 Å². The van der Waals surface area contributed by atoms with Crippen molar-refractivity contribution >= 4 is 40.7 Å². The number of hydrogen-bond acceptors (Lipinski definition) is 4. The summed E-state index contributed by atoms with van der Waals surface area (Å²) in [5.74, 6) is -0.446. The molecule has 0 fully saturated rings. The molecule has 0 spiro atoms. The van der Waals surface area contributed by atoms with Crippen LogP contribution in [0.3, 0.4) is 0 Å². The Morgan fingerprint density at radius 3 is 2.56 bits per heavy atom. The van der Waals surface area contributed by atoms with Gasteiger partial charge in [0.2, 0.25) is 0 Å². The summed E-state index contributed by atoms with van der Waals surface area (Å²) in [6.45, 7) is 2.75. The molecule has 2 rings (SSSR count). The molecule has 0 heterocycles. The average Bonchev–Trinajstić information content (AvgIpc) is 2.68. The monoisotopic (exact) mass is 410 g/mol. The van der Waals surface area contributed by atoms with Gasteiger partial charge in [0, 0.05) is 6.54 Å². The maximum absolute atomic E-state index is 12.0. The first kappa shape index (κ1) is 20.9. The normalized spacial score (nSPS) is 10.2. The van der Waals surface area contributed by atoms with E-state index in [1.165, 1.54) is 0 Å². The van der Waals surface area contributed by atoms with E-state index in [1.807, 2.05) is 6.92 Å². The Labute approximate surface area is 167 Å². The minimum absolute atomic E-state index is 0.153. The molecule has 144 valence electrons. The lowest BCUT2D eigenvalue weighted by molar-refractivity contribution is -0.136. The van der Waals surface area contributed by atoms with E-state index in [9.17, 15) is 9.59 Å². The topological polar surface area (TPSA) is 76.7 Å². The highest BCUT2D eigenvalue weighted by Gasteiger charge is 2.16. The highest BCUT2D eigenvalue weighted by molar-refractivity contribution is 6.45. The first-order chi connectivity index (χ1) is 13.0. The minimum Gasteiger partial charge on any atom is -0.493 e. The fourth-order valence-electron chi connectivity index (χ4n) is 2.20. The number of rotatable bonds is 7. The molecule has 0 atom stereocenters. The fraction of sp³-hybridized carbons (Fsp3) is 0.263. The van der Waals surface area contributed by atoms with E-state index < -0.39 is 11.8 Å². The predicted molar refractivity (Wildman–Crippen MR) is 106 cm³/mol. The van der Waals surface area contributed by atoms with E-state index in [-0.39, 0.29) is 22.3 Å². The molecule has 27 heavy (non-hydrogen) atoms. The van der Waals surface area contributed by atoms with Crippen molar-refractivity contribution in [3.8, 4) is 11.5 Å². The van der Waals surface area contributed by atoms with Crippen LogP contribution in [0.25, 0.3) is 0 Å². The molecule has 2 aromatic carbocycles. The number of hydrogen-bond donors (Lipinski definition) is 2. The van der Waals surface area contributed by atoms with Gasteiger partial charge in [0.15, 0.2) is 11.5 Å². The molecule has 0 aromatic heterocycles. The predicted octanol–water partition coefficient (Wildman–Crippen LogP) is 4.05. The third-order valence-corrected chi connectivity index (χ3v) is 4.37. The van der Waals surface area contributed by atoms with Gasteiger partial charge in [-0.05, 0) is 36.2 Å². The second kappa shape index (κ2) is 10.0. The first-order valence-corrected chi connectivity index (χ1v) is 9.04. The van der Waals surface area contributed by atoms with E-state index in [2.05, 4.69) is 10.6 Å². The quantitative estimate of drug-likeness (QED) is 0.675. The molecule has 6 nitrogen and oxygen atoms in total. The van der Waals surface area contributed by atoms with E-state index in [4.69, 9.17) is 32.7 Å². The maximum atomic E-state index is 12.0. The molecule has 2 N–H and O–H groups in total. The maximum Gasteiger partial charge on any atom is 0.313 e. The summed E-state index contributed by atoms with van der Waals surface area (Å²) >= 11 is 11.9. The lowest BCUT2D eigenvalue weighted by atomic mass is 10.2. The van der Waals surface area contributed by atoms with Gasteiger partial charge in [-0.1, -0.05) is 42.3 Å².